The number of non-ortho nitro benzene ring substituents is 1. The molecule has 6 nitrogen and oxygen atoms in total. The predicted molar refractivity (Wildman–Crippen MR) is 100 cm³/mol. The van der Waals surface area contributed by atoms with Crippen LogP contribution in [0.4, 0.5) is 11.4 Å². The molecule has 6 heteroatoms. The molecule has 0 spiro atoms. The quantitative estimate of drug-likeness (QED) is 0.427. The summed E-state index contributed by atoms with van der Waals surface area (Å²) in [6.45, 7) is 0. The molecule has 1 aliphatic heterocycles. The molecule has 0 aliphatic carbocycles. The second-order valence-electron chi connectivity index (χ2n) is 6.24. The molecule has 0 radical (unpaired) electrons. The van der Waals surface area contributed by atoms with Gasteiger partial charge in [0.25, 0.3) is 5.69 Å². The van der Waals surface area contributed by atoms with Crippen molar-refractivity contribution in [1.82, 2.24) is 9.55 Å². The molecule has 0 saturated heterocycles. The van der Waals surface area contributed by atoms with Gasteiger partial charge in [-0.3, -0.25) is 14.7 Å². The van der Waals surface area contributed by atoms with Gasteiger partial charge in [-0.05, 0) is 24.3 Å². The van der Waals surface area contributed by atoms with E-state index in [4.69, 9.17) is 4.98 Å². The van der Waals surface area contributed by atoms with Crippen molar-refractivity contribution in [3.63, 3.8) is 0 Å². The molecule has 4 aromatic rings. The number of hydrogen-bond donors (Lipinski definition) is 1. The number of para-hydroxylation sites is 3. The van der Waals surface area contributed by atoms with Gasteiger partial charge in [-0.2, -0.15) is 0 Å². The molecule has 0 bridgehead atoms. The van der Waals surface area contributed by atoms with E-state index >= 15 is 0 Å². The highest BCUT2D eigenvalue weighted by atomic mass is 16.6. The first-order valence-electron chi connectivity index (χ1n) is 8.29. The van der Waals surface area contributed by atoms with E-state index < -0.39 is 0 Å². The fraction of sp³-hybridized carbons (Fsp3) is 0.0500. The van der Waals surface area contributed by atoms with Crippen LogP contribution >= 0.6 is 0 Å². The second kappa shape index (κ2) is 5.42. The van der Waals surface area contributed by atoms with Gasteiger partial charge in [0.1, 0.15) is 12.0 Å². The zero-order chi connectivity index (χ0) is 17.7. The molecule has 5 rings (SSSR count). The first kappa shape index (κ1) is 14.7. The first-order valence-corrected chi connectivity index (χ1v) is 8.29. The van der Waals surface area contributed by atoms with Crippen LogP contribution in [0.3, 0.4) is 0 Å². The van der Waals surface area contributed by atoms with Crippen LogP contribution < -0.4 is 5.32 Å². The van der Waals surface area contributed by atoms with Crippen LogP contribution in [0.25, 0.3) is 22.4 Å². The average molecular weight is 342 g/mol. The van der Waals surface area contributed by atoms with Crippen LogP contribution in [0.15, 0.2) is 72.8 Å². The Morgan fingerprint density at radius 2 is 1.81 bits per heavy atom. The number of aromatic nitrogens is 2. The zero-order valence-electron chi connectivity index (χ0n) is 13.7. The Balaban J connectivity index is 1.79. The van der Waals surface area contributed by atoms with Crippen molar-refractivity contribution in [3.05, 3.63) is 88.5 Å². The number of nitro benzene ring substituents is 1. The lowest BCUT2D eigenvalue weighted by molar-refractivity contribution is -0.384. The Kier molecular flexibility index (Phi) is 3.05. The number of rotatable bonds is 2. The minimum absolute atomic E-state index is 0.0779. The van der Waals surface area contributed by atoms with E-state index in [1.807, 2.05) is 54.6 Å². The molecule has 2 heterocycles. The largest absolute Gasteiger partial charge is 0.361 e. The maximum absolute atomic E-state index is 11.2. The van der Waals surface area contributed by atoms with Gasteiger partial charge in [0, 0.05) is 28.9 Å². The van der Waals surface area contributed by atoms with Gasteiger partial charge in [0.2, 0.25) is 0 Å². The number of anilines is 1. The lowest BCUT2D eigenvalue weighted by Crippen LogP contribution is -2.24. The monoisotopic (exact) mass is 342 g/mol. The van der Waals surface area contributed by atoms with Crippen molar-refractivity contribution in [1.29, 1.82) is 0 Å². The molecule has 0 amide bonds. The lowest BCUT2D eigenvalue weighted by atomic mass is 10.1. The van der Waals surface area contributed by atoms with Crippen molar-refractivity contribution < 1.29 is 4.92 Å². The Morgan fingerprint density at radius 3 is 2.69 bits per heavy atom. The molecule has 1 aromatic heterocycles. The number of nitro groups is 1. The summed E-state index contributed by atoms with van der Waals surface area (Å²) in [5, 5.41) is 14.7. The third-order valence-electron chi connectivity index (χ3n) is 4.71. The molecule has 0 unspecified atom stereocenters. The zero-order valence-corrected chi connectivity index (χ0v) is 13.7. The van der Waals surface area contributed by atoms with Gasteiger partial charge in [-0.1, -0.05) is 36.4 Å². The third kappa shape index (κ3) is 2.09. The molecule has 1 atom stereocenters. The summed E-state index contributed by atoms with van der Waals surface area (Å²) in [7, 11) is 0. The van der Waals surface area contributed by atoms with Crippen molar-refractivity contribution in [2.75, 3.05) is 5.32 Å². The molecule has 26 heavy (non-hydrogen) atoms. The van der Waals surface area contributed by atoms with E-state index in [-0.39, 0.29) is 16.8 Å². The lowest BCUT2D eigenvalue weighted by Gasteiger charge is -2.30. The van der Waals surface area contributed by atoms with E-state index in [9.17, 15) is 10.1 Å². The van der Waals surface area contributed by atoms with Gasteiger partial charge >= 0.3 is 0 Å². The Morgan fingerprint density at radius 1 is 1.00 bits per heavy atom. The minimum Gasteiger partial charge on any atom is -0.361 e. The number of hydrogen-bond acceptors (Lipinski definition) is 4. The molecular formula is C20H14N4O2. The van der Waals surface area contributed by atoms with Crippen molar-refractivity contribution in [2.45, 2.75) is 6.17 Å². The number of nitrogens with one attached hydrogen (secondary N) is 1. The third-order valence-corrected chi connectivity index (χ3v) is 4.71. The molecule has 0 fully saturated rings. The molecule has 1 aliphatic rings. The van der Waals surface area contributed by atoms with Crippen LogP contribution in [0, 0.1) is 10.1 Å². The van der Waals surface area contributed by atoms with Crippen molar-refractivity contribution in [2.24, 2.45) is 0 Å². The van der Waals surface area contributed by atoms with Crippen LogP contribution in [0.2, 0.25) is 0 Å². The number of imidazole rings is 1. The first-order chi connectivity index (χ1) is 12.7. The van der Waals surface area contributed by atoms with Gasteiger partial charge < -0.3 is 5.32 Å². The Bertz CT molecular complexity index is 1170. The number of fused-ring (bicyclic) bond motifs is 5. The summed E-state index contributed by atoms with van der Waals surface area (Å²) in [6.07, 6.45) is -0.271. The van der Waals surface area contributed by atoms with Crippen molar-refractivity contribution in [3.8, 4) is 11.4 Å². The normalized spacial score (nSPS) is 15.2. The summed E-state index contributed by atoms with van der Waals surface area (Å²) in [5.41, 5.74) is 4.77. The maximum atomic E-state index is 11.2. The molecular weight excluding hydrogens is 328 g/mol. The van der Waals surface area contributed by atoms with Crippen LogP contribution in [0.1, 0.15) is 11.7 Å². The van der Waals surface area contributed by atoms with Crippen molar-refractivity contribution >= 4 is 22.4 Å². The Hall–Kier alpha value is -3.67. The van der Waals surface area contributed by atoms with E-state index in [2.05, 4.69) is 9.88 Å². The van der Waals surface area contributed by atoms with E-state index in [0.29, 0.717) is 0 Å². The van der Waals surface area contributed by atoms with E-state index in [1.165, 1.54) is 6.07 Å². The highest BCUT2D eigenvalue weighted by Crippen LogP contribution is 2.40. The van der Waals surface area contributed by atoms with Gasteiger partial charge in [-0.15, -0.1) is 0 Å². The number of nitrogens with zero attached hydrogens (tertiary/aromatic N) is 3. The molecule has 0 saturated carbocycles. The fourth-order valence-electron chi connectivity index (χ4n) is 3.55. The van der Waals surface area contributed by atoms with Crippen LogP contribution in [-0.4, -0.2) is 14.5 Å². The summed E-state index contributed by atoms with van der Waals surface area (Å²) >= 11 is 0. The fourth-order valence-corrected chi connectivity index (χ4v) is 3.55. The van der Waals surface area contributed by atoms with E-state index in [0.717, 1.165) is 33.7 Å². The molecule has 126 valence electrons. The van der Waals surface area contributed by atoms with Gasteiger partial charge in [0.05, 0.1) is 16.0 Å². The van der Waals surface area contributed by atoms with E-state index in [1.54, 1.807) is 12.1 Å². The Labute approximate surface area is 148 Å². The van der Waals surface area contributed by atoms with Gasteiger partial charge in [-0.25, -0.2) is 4.98 Å². The summed E-state index contributed by atoms with van der Waals surface area (Å²) in [5.74, 6) is 0.858. The maximum Gasteiger partial charge on any atom is 0.269 e. The predicted octanol–water partition coefficient (Wildman–Crippen LogP) is 4.58. The standard InChI is InChI=1S/C20H14N4O2/c25-24(26)14-7-5-6-13(12-14)19-21-16-9-2-1-8-15(16)20-22-17-10-3-4-11-18(17)23(19)20/h1-12,19,21H/t19-/m0/s1. The SMILES string of the molecule is O=[N+]([O-])c1cccc([C@H]2Nc3ccccc3-c3nc4ccccc4n32)c1. The molecule has 1 N–H and O–H groups in total. The van der Waals surface area contributed by atoms with Crippen LogP contribution in [-0.2, 0) is 0 Å². The highest BCUT2D eigenvalue weighted by molar-refractivity contribution is 5.86. The summed E-state index contributed by atoms with van der Waals surface area (Å²) < 4.78 is 2.11. The van der Waals surface area contributed by atoms with Crippen LogP contribution in [0.5, 0.6) is 0 Å². The summed E-state index contributed by atoms with van der Waals surface area (Å²) in [4.78, 5) is 15.7. The highest BCUT2D eigenvalue weighted by Gasteiger charge is 2.28. The average Bonchev–Trinajstić information content (AvgIpc) is 3.07. The number of benzene rings is 3. The topological polar surface area (TPSA) is 73.0 Å². The van der Waals surface area contributed by atoms with Gasteiger partial charge in [0.15, 0.2) is 0 Å². The second-order valence-corrected chi connectivity index (χ2v) is 6.24. The molecule has 3 aromatic carbocycles. The summed E-state index contributed by atoms with van der Waals surface area (Å²) in [6, 6.07) is 22.7. The smallest absolute Gasteiger partial charge is 0.269 e. The minimum atomic E-state index is -0.368.